The maximum atomic E-state index is 10.2. The minimum absolute atomic E-state index is 0.144. The third-order valence-electron chi connectivity index (χ3n) is 3.94. The Hall–Kier alpha value is -2.69. The number of methoxy groups -OCH3 is 1. The Morgan fingerprint density at radius 3 is 2.56 bits per heavy atom. The molecule has 0 bridgehead atoms. The van der Waals surface area contributed by atoms with Gasteiger partial charge in [0.25, 0.3) is 0 Å². The first kappa shape index (κ1) is 18.6. The molecule has 0 spiro atoms. The molecule has 2 rings (SSSR count). The number of guanidine groups is 1. The lowest BCUT2D eigenvalue weighted by Crippen LogP contribution is -2.38. The minimum Gasteiger partial charge on any atom is -0.504 e. The molecule has 0 atom stereocenters. The van der Waals surface area contributed by atoms with E-state index in [0.29, 0.717) is 12.3 Å². The third kappa shape index (κ3) is 5.14. The Kier molecular flexibility index (Phi) is 6.69. The molecule has 5 heteroatoms. The predicted octanol–water partition coefficient (Wildman–Crippen LogP) is 3.31. The van der Waals surface area contributed by atoms with Gasteiger partial charge in [0.2, 0.25) is 0 Å². The Labute approximate surface area is 150 Å². The monoisotopic (exact) mass is 341 g/mol. The lowest BCUT2D eigenvalue weighted by Gasteiger charge is -2.22. The van der Waals surface area contributed by atoms with Gasteiger partial charge in [0.05, 0.1) is 13.7 Å². The maximum absolute atomic E-state index is 10.2. The van der Waals surface area contributed by atoms with Crippen LogP contribution in [0.4, 0.5) is 0 Å². The van der Waals surface area contributed by atoms with Crippen LogP contribution in [0.2, 0.25) is 0 Å². The van der Waals surface area contributed by atoms with Crippen molar-refractivity contribution in [1.82, 2.24) is 10.2 Å². The molecule has 0 aliphatic carbocycles. The SMILES string of the molecule is CCNC(=NCc1cccc(OC)c1O)N(C)Cc1ccc(C)cc1. The zero-order chi connectivity index (χ0) is 18.2. The van der Waals surface area contributed by atoms with Crippen LogP contribution >= 0.6 is 0 Å². The second-order valence-corrected chi connectivity index (χ2v) is 5.98. The number of para-hydroxylation sites is 1. The Balaban J connectivity index is 2.13. The summed E-state index contributed by atoms with van der Waals surface area (Å²) in [7, 11) is 3.55. The van der Waals surface area contributed by atoms with Crippen molar-refractivity contribution in [2.75, 3.05) is 20.7 Å². The summed E-state index contributed by atoms with van der Waals surface area (Å²) >= 11 is 0. The van der Waals surface area contributed by atoms with Crippen LogP contribution < -0.4 is 10.1 Å². The third-order valence-corrected chi connectivity index (χ3v) is 3.94. The van der Waals surface area contributed by atoms with Crippen LogP contribution in [0, 0.1) is 6.92 Å². The summed E-state index contributed by atoms with van der Waals surface area (Å²) in [6.07, 6.45) is 0. The van der Waals surface area contributed by atoms with Gasteiger partial charge in [0.1, 0.15) is 0 Å². The number of aliphatic imine (C=N–C) groups is 1. The van der Waals surface area contributed by atoms with Gasteiger partial charge in [0, 0.05) is 25.7 Å². The molecule has 2 aromatic carbocycles. The van der Waals surface area contributed by atoms with Crippen LogP contribution in [0.15, 0.2) is 47.5 Å². The number of benzene rings is 2. The summed E-state index contributed by atoms with van der Waals surface area (Å²) in [5.41, 5.74) is 3.21. The molecule has 0 radical (unpaired) electrons. The standard InChI is InChI=1S/C20H27N3O2/c1-5-21-20(23(3)14-16-11-9-15(2)10-12-16)22-13-17-7-6-8-18(25-4)19(17)24/h6-12,24H,5,13-14H2,1-4H3,(H,21,22). The van der Waals surface area contributed by atoms with Gasteiger partial charge in [-0.1, -0.05) is 42.0 Å². The van der Waals surface area contributed by atoms with E-state index < -0.39 is 0 Å². The highest BCUT2D eigenvalue weighted by Crippen LogP contribution is 2.29. The molecular formula is C20H27N3O2. The molecule has 0 saturated carbocycles. The number of hydrogen-bond acceptors (Lipinski definition) is 3. The Bertz CT molecular complexity index is 711. The molecule has 0 amide bonds. The molecule has 0 aromatic heterocycles. The molecule has 25 heavy (non-hydrogen) atoms. The van der Waals surface area contributed by atoms with Crippen molar-refractivity contribution >= 4 is 5.96 Å². The van der Waals surface area contributed by atoms with Gasteiger partial charge in [0.15, 0.2) is 17.5 Å². The number of aromatic hydroxyl groups is 1. The second-order valence-electron chi connectivity index (χ2n) is 5.98. The number of phenols is 1. The zero-order valence-electron chi connectivity index (χ0n) is 15.4. The van der Waals surface area contributed by atoms with E-state index in [1.54, 1.807) is 13.2 Å². The quantitative estimate of drug-likeness (QED) is 0.625. The topological polar surface area (TPSA) is 57.1 Å². The van der Waals surface area contributed by atoms with Gasteiger partial charge in [-0.3, -0.25) is 0 Å². The van der Waals surface area contributed by atoms with Crippen molar-refractivity contribution in [3.63, 3.8) is 0 Å². The summed E-state index contributed by atoms with van der Waals surface area (Å²) in [4.78, 5) is 6.72. The maximum Gasteiger partial charge on any atom is 0.194 e. The van der Waals surface area contributed by atoms with Crippen molar-refractivity contribution in [2.24, 2.45) is 4.99 Å². The van der Waals surface area contributed by atoms with Gasteiger partial charge in [-0.05, 0) is 25.5 Å². The van der Waals surface area contributed by atoms with E-state index in [1.807, 2.05) is 26.1 Å². The summed E-state index contributed by atoms with van der Waals surface area (Å²) in [6, 6.07) is 13.9. The first-order valence-electron chi connectivity index (χ1n) is 8.45. The molecule has 134 valence electrons. The van der Waals surface area contributed by atoms with E-state index in [9.17, 15) is 5.11 Å². The van der Waals surface area contributed by atoms with Gasteiger partial charge in [-0.2, -0.15) is 0 Å². The van der Waals surface area contributed by atoms with Crippen LogP contribution in [0.1, 0.15) is 23.6 Å². The van der Waals surface area contributed by atoms with E-state index in [2.05, 4.69) is 46.4 Å². The van der Waals surface area contributed by atoms with Crippen LogP contribution in [0.3, 0.4) is 0 Å². The number of rotatable bonds is 6. The molecule has 2 aromatic rings. The normalized spacial score (nSPS) is 11.3. The zero-order valence-corrected chi connectivity index (χ0v) is 15.4. The average molecular weight is 341 g/mol. The smallest absolute Gasteiger partial charge is 0.194 e. The van der Waals surface area contributed by atoms with Crippen molar-refractivity contribution < 1.29 is 9.84 Å². The van der Waals surface area contributed by atoms with Gasteiger partial charge >= 0.3 is 0 Å². The summed E-state index contributed by atoms with van der Waals surface area (Å²) in [5.74, 6) is 1.40. The summed E-state index contributed by atoms with van der Waals surface area (Å²) < 4.78 is 5.15. The van der Waals surface area contributed by atoms with Gasteiger partial charge in [-0.25, -0.2) is 4.99 Å². The number of aryl methyl sites for hydroxylation is 1. The molecule has 5 nitrogen and oxygen atoms in total. The molecule has 0 heterocycles. The Morgan fingerprint density at radius 1 is 1.20 bits per heavy atom. The molecule has 0 aliphatic rings. The summed E-state index contributed by atoms with van der Waals surface area (Å²) in [5, 5.41) is 13.5. The van der Waals surface area contributed by atoms with Crippen molar-refractivity contribution in [3.05, 3.63) is 59.2 Å². The molecule has 0 fully saturated rings. The largest absolute Gasteiger partial charge is 0.504 e. The fraction of sp³-hybridized carbons (Fsp3) is 0.350. The highest BCUT2D eigenvalue weighted by atomic mass is 16.5. The highest BCUT2D eigenvalue weighted by molar-refractivity contribution is 5.79. The molecule has 0 saturated heterocycles. The van der Waals surface area contributed by atoms with Crippen LogP contribution in [0.25, 0.3) is 0 Å². The van der Waals surface area contributed by atoms with E-state index in [0.717, 1.165) is 24.6 Å². The van der Waals surface area contributed by atoms with Crippen LogP contribution in [0.5, 0.6) is 11.5 Å². The number of hydrogen-bond donors (Lipinski definition) is 2. The van der Waals surface area contributed by atoms with Gasteiger partial charge < -0.3 is 20.1 Å². The van der Waals surface area contributed by atoms with E-state index in [4.69, 9.17) is 4.74 Å². The minimum atomic E-state index is 0.144. The molecule has 2 N–H and O–H groups in total. The lowest BCUT2D eigenvalue weighted by atomic mass is 10.1. The fourth-order valence-corrected chi connectivity index (χ4v) is 2.53. The van der Waals surface area contributed by atoms with E-state index >= 15 is 0 Å². The second kappa shape index (κ2) is 8.97. The molecule has 0 unspecified atom stereocenters. The first-order valence-corrected chi connectivity index (χ1v) is 8.45. The summed E-state index contributed by atoms with van der Waals surface area (Å²) in [6.45, 7) is 6.04. The fourth-order valence-electron chi connectivity index (χ4n) is 2.53. The molecular weight excluding hydrogens is 314 g/mol. The Morgan fingerprint density at radius 2 is 1.92 bits per heavy atom. The van der Waals surface area contributed by atoms with E-state index in [-0.39, 0.29) is 5.75 Å². The highest BCUT2D eigenvalue weighted by Gasteiger charge is 2.09. The average Bonchev–Trinajstić information content (AvgIpc) is 2.61. The van der Waals surface area contributed by atoms with Crippen LogP contribution in [-0.4, -0.2) is 36.7 Å². The number of nitrogens with zero attached hydrogens (tertiary/aromatic N) is 2. The van der Waals surface area contributed by atoms with E-state index in [1.165, 1.54) is 11.1 Å². The molecule has 0 aliphatic heterocycles. The number of nitrogens with one attached hydrogen (secondary N) is 1. The lowest BCUT2D eigenvalue weighted by molar-refractivity contribution is 0.370. The first-order chi connectivity index (χ1) is 12.0. The van der Waals surface area contributed by atoms with Crippen molar-refractivity contribution in [2.45, 2.75) is 26.9 Å². The number of ether oxygens (including phenoxy) is 1. The van der Waals surface area contributed by atoms with Crippen molar-refractivity contribution in [1.29, 1.82) is 0 Å². The van der Waals surface area contributed by atoms with Crippen molar-refractivity contribution in [3.8, 4) is 11.5 Å². The number of phenolic OH excluding ortho intramolecular Hbond substituents is 1. The van der Waals surface area contributed by atoms with Gasteiger partial charge in [-0.15, -0.1) is 0 Å². The predicted molar refractivity (Wildman–Crippen MR) is 102 cm³/mol. The van der Waals surface area contributed by atoms with Crippen LogP contribution in [-0.2, 0) is 13.1 Å².